The number of nitrogens with zero attached hydrogens (tertiary/aromatic N) is 1. The molecule has 1 atom stereocenters. The molecule has 0 bridgehead atoms. The SMILES string of the molecule is CS(=O)c1ccnc2ccccc12. The van der Waals surface area contributed by atoms with Crippen molar-refractivity contribution in [3.05, 3.63) is 36.5 Å². The smallest absolute Gasteiger partial charge is 0.0714 e. The second-order valence-corrected chi connectivity index (χ2v) is 4.13. The van der Waals surface area contributed by atoms with Crippen LogP contribution in [0.15, 0.2) is 41.4 Å². The molecule has 3 heteroatoms. The van der Waals surface area contributed by atoms with Gasteiger partial charge >= 0.3 is 0 Å². The Kier molecular flexibility index (Phi) is 2.10. The predicted octanol–water partition coefficient (Wildman–Crippen LogP) is 1.97. The van der Waals surface area contributed by atoms with E-state index in [0.29, 0.717) is 0 Å². The van der Waals surface area contributed by atoms with Gasteiger partial charge in [0.2, 0.25) is 0 Å². The van der Waals surface area contributed by atoms with Crippen LogP contribution in [0.5, 0.6) is 0 Å². The Labute approximate surface area is 79.1 Å². The van der Waals surface area contributed by atoms with Gasteiger partial charge in [0.1, 0.15) is 0 Å². The Hall–Kier alpha value is -1.22. The maximum atomic E-state index is 11.3. The molecule has 0 N–H and O–H groups in total. The maximum Gasteiger partial charge on any atom is 0.0714 e. The first-order chi connectivity index (χ1) is 6.29. The second kappa shape index (κ2) is 3.26. The summed E-state index contributed by atoms with van der Waals surface area (Å²) >= 11 is 0. The first kappa shape index (κ1) is 8.38. The number of benzene rings is 1. The third kappa shape index (κ3) is 1.47. The zero-order valence-corrected chi connectivity index (χ0v) is 8.04. The molecule has 0 radical (unpaired) electrons. The summed E-state index contributed by atoms with van der Waals surface area (Å²) in [5.74, 6) is 0. The van der Waals surface area contributed by atoms with Gasteiger partial charge in [-0.1, -0.05) is 18.2 Å². The van der Waals surface area contributed by atoms with E-state index in [2.05, 4.69) is 4.98 Å². The van der Waals surface area contributed by atoms with Gasteiger partial charge in [-0.05, 0) is 12.1 Å². The molecule has 0 saturated heterocycles. The van der Waals surface area contributed by atoms with Crippen LogP contribution in [0.2, 0.25) is 0 Å². The Morgan fingerprint density at radius 2 is 2.00 bits per heavy atom. The number of pyridine rings is 1. The minimum absolute atomic E-state index is 0.852. The van der Waals surface area contributed by atoms with E-state index in [-0.39, 0.29) is 0 Å². The molecule has 0 aliphatic heterocycles. The third-order valence-corrected chi connectivity index (χ3v) is 2.89. The van der Waals surface area contributed by atoms with Crippen molar-refractivity contribution < 1.29 is 4.21 Å². The van der Waals surface area contributed by atoms with Crippen molar-refractivity contribution in [1.82, 2.24) is 4.98 Å². The molecule has 0 fully saturated rings. The minimum atomic E-state index is -0.944. The van der Waals surface area contributed by atoms with Crippen molar-refractivity contribution in [2.24, 2.45) is 0 Å². The molecular formula is C10H9NOS. The molecule has 0 spiro atoms. The van der Waals surface area contributed by atoms with Crippen LogP contribution >= 0.6 is 0 Å². The fourth-order valence-electron chi connectivity index (χ4n) is 1.32. The van der Waals surface area contributed by atoms with E-state index in [1.807, 2.05) is 24.3 Å². The average Bonchev–Trinajstić information content (AvgIpc) is 2.17. The normalized spacial score (nSPS) is 13.0. The van der Waals surface area contributed by atoms with Crippen LogP contribution in [-0.4, -0.2) is 15.4 Å². The van der Waals surface area contributed by atoms with E-state index in [1.54, 1.807) is 18.5 Å². The van der Waals surface area contributed by atoms with Crippen molar-refractivity contribution in [2.75, 3.05) is 6.26 Å². The van der Waals surface area contributed by atoms with E-state index < -0.39 is 10.8 Å². The lowest BCUT2D eigenvalue weighted by Crippen LogP contribution is -1.90. The standard InChI is InChI=1S/C10H9NOS/c1-13(12)10-6-7-11-9-5-3-2-4-8(9)10/h2-7H,1H3. The Bertz CT molecular complexity index is 462. The maximum absolute atomic E-state index is 11.3. The van der Waals surface area contributed by atoms with Crippen LogP contribution in [0.3, 0.4) is 0 Å². The van der Waals surface area contributed by atoms with Crippen LogP contribution in [-0.2, 0) is 10.8 Å². The lowest BCUT2D eigenvalue weighted by atomic mass is 10.2. The lowest BCUT2D eigenvalue weighted by molar-refractivity contribution is 0.687. The first-order valence-corrected chi connectivity index (χ1v) is 5.52. The Morgan fingerprint density at radius 1 is 1.23 bits per heavy atom. The predicted molar refractivity (Wildman–Crippen MR) is 54.1 cm³/mol. The van der Waals surface area contributed by atoms with Crippen molar-refractivity contribution in [2.45, 2.75) is 4.90 Å². The van der Waals surface area contributed by atoms with Gasteiger partial charge in [-0.25, -0.2) is 0 Å². The second-order valence-electron chi connectivity index (χ2n) is 2.78. The summed E-state index contributed by atoms with van der Waals surface area (Å²) in [6, 6.07) is 9.53. The number of aromatic nitrogens is 1. The molecule has 13 heavy (non-hydrogen) atoms. The summed E-state index contributed by atoms with van der Waals surface area (Å²) in [7, 11) is -0.944. The molecule has 2 rings (SSSR count). The number of para-hydroxylation sites is 1. The van der Waals surface area contributed by atoms with Gasteiger partial charge in [-0.3, -0.25) is 9.19 Å². The molecule has 1 unspecified atom stereocenters. The highest BCUT2D eigenvalue weighted by molar-refractivity contribution is 7.84. The Balaban J connectivity index is 2.83. The third-order valence-electron chi connectivity index (χ3n) is 1.92. The van der Waals surface area contributed by atoms with Crippen LogP contribution in [0, 0.1) is 0 Å². The van der Waals surface area contributed by atoms with Crippen LogP contribution in [0.4, 0.5) is 0 Å². The number of fused-ring (bicyclic) bond motifs is 1. The van der Waals surface area contributed by atoms with Crippen LogP contribution in [0.1, 0.15) is 0 Å². The van der Waals surface area contributed by atoms with Gasteiger partial charge < -0.3 is 0 Å². The zero-order valence-electron chi connectivity index (χ0n) is 7.23. The van der Waals surface area contributed by atoms with Crippen molar-refractivity contribution in [3.8, 4) is 0 Å². The van der Waals surface area contributed by atoms with Crippen LogP contribution < -0.4 is 0 Å². The molecule has 0 saturated carbocycles. The van der Waals surface area contributed by atoms with Crippen molar-refractivity contribution in [3.63, 3.8) is 0 Å². The monoisotopic (exact) mass is 191 g/mol. The summed E-state index contributed by atoms with van der Waals surface area (Å²) in [5.41, 5.74) is 0.898. The average molecular weight is 191 g/mol. The molecule has 1 aromatic heterocycles. The van der Waals surface area contributed by atoms with E-state index >= 15 is 0 Å². The first-order valence-electron chi connectivity index (χ1n) is 3.96. The molecule has 2 aromatic rings. The quantitative estimate of drug-likeness (QED) is 0.689. The summed E-state index contributed by atoms with van der Waals surface area (Å²) in [6.45, 7) is 0. The van der Waals surface area contributed by atoms with Gasteiger partial charge in [0, 0.05) is 22.7 Å². The van der Waals surface area contributed by atoms with Gasteiger partial charge in [0.25, 0.3) is 0 Å². The molecule has 0 amide bonds. The van der Waals surface area contributed by atoms with Crippen molar-refractivity contribution >= 4 is 21.7 Å². The largest absolute Gasteiger partial charge is 0.256 e. The molecule has 66 valence electrons. The van der Waals surface area contributed by atoms with E-state index in [9.17, 15) is 4.21 Å². The van der Waals surface area contributed by atoms with Gasteiger partial charge in [0.15, 0.2) is 0 Å². The molecule has 1 heterocycles. The molecule has 1 aromatic carbocycles. The molecular weight excluding hydrogens is 182 g/mol. The summed E-state index contributed by atoms with van der Waals surface area (Å²) < 4.78 is 11.3. The highest BCUT2D eigenvalue weighted by Crippen LogP contribution is 2.18. The van der Waals surface area contributed by atoms with Gasteiger partial charge in [-0.2, -0.15) is 0 Å². The van der Waals surface area contributed by atoms with Gasteiger partial charge in [0.05, 0.1) is 16.3 Å². The van der Waals surface area contributed by atoms with E-state index in [0.717, 1.165) is 15.8 Å². The number of hydrogen-bond acceptors (Lipinski definition) is 2. The molecule has 0 aliphatic rings. The minimum Gasteiger partial charge on any atom is -0.256 e. The van der Waals surface area contributed by atoms with Gasteiger partial charge in [-0.15, -0.1) is 0 Å². The Morgan fingerprint density at radius 3 is 2.77 bits per heavy atom. The summed E-state index contributed by atoms with van der Waals surface area (Å²) in [5, 5.41) is 0.978. The summed E-state index contributed by atoms with van der Waals surface area (Å²) in [4.78, 5) is 5.04. The highest BCUT2D eigenvalue weighted by atomic mass is 32.2. The van der Waals surface area contributed by atoms with Crippen LogP contribution in [0.25, 0.3) is 10.9 Å². The fraction of sp³-hybridized carbons (Fsp3) is 0.100. The number of rotatable bonds is 1. The molecule has 2 nitrogen and oxygen atoms in total. The molecule has 0 aliphatic carbocycles. The highest BCUT2D eigenvalue weighted by Gasteiger charge is 2.02. The fourth-order valence-corrected chi connectivity index (χ4v) is 2.06. The topological polar surface area (TPSA) is 30.0 Å². The van der Waals surface area contributed by atoms with E-state index in [4.69, 9.17) is 0 Å². The summed E-state index contributed by atoms with van der Waals surface area (Å²) in [6.07, 6.45) is 3.38. The zero-order chi connectivity index (χ0) is 9.26. The lowest BCUT2D eigenvalue weighted by Gasteiger charge is -2.01. The van der Waals surface area contributed by atoms with E-state index in [1.165, 1.54) is 0 Å². The van der Waals surface area contributed by atoms with Crippen molar-refractivity contribution in [1.29, 1.82) is 0 Å². The number of hydrogen-bond donors (Lipinski definition) is 0.